The van der Waals surface area contributed by atoms with E-state index in [1.165, 1.54) is 64.2 Å². The van der Waals surface area contributed by atoms with E-state index in [2.05, 4.69) is 74.6 Å². The first kappa shape index (κ1) is 54.7. The minimum absolute atomic E-state index is 0.0378. The second kappa shape index (κ2) is 39.2. The van der Waals surface area contributed by atoms with Gasteiger partial charge in [-0.25, -0.2) is 0 Å². The lowest BCUT2D eigenvalue weighted by Crippen LogP contribution is -2.37. The van der Waals surface area contributed by atoms with Crippen LogP contribution in [0.15, 0.2) is 60.8 Å². The van der Waals surface area contributed by atoms with E-state index in [9.17, 15) is 19.0 Å². The molecule has 0 aromatic rings. The van der Waals surface area contributed by atoms with Crippen LogP contribution in [0.25, 0.3) is 0 Å². The van der Waals surface area contributed by atoms with E-state index in [0.29, 0.717) is 23.9 Å². The molecule has 0 rings (SSSR count). The van der Waals surface area contributed by atoms with Crippen molar-refractivity contribution in [2.24, 2.45) is 0 Å². The third kappa shape index (κ3) is 43.1. The van der Waals surface area contributed by atoms with Crippen LogP contribution in [0, 0.1) is 0 Å². The number of carbonyl (C=O) groups excluding carboxylic acids is 2. The monoisotopic (exact) mass is 822 g/mol. The quantitative estimate of drug-likeness (QED) is 0.0197. The number of nitrogens with zero attached hydrogens (tertiary/aromatic N) is 1. The number of phosphoric acid groups is 1. The van der Waals surface area contributed by atoms with Gasteiger partial charge in [-0.15, -0.1) is 0 Å². The summed E-state index contributed by atoms with van der Waals surface area (Å²) in [6.07, 6.45) is 46.7. The van der Waals surface area contributed by atoms with Gasteiger partial charge < -0.3 is 27.9 Å². The van der Waals surface area contributed by atoms with Gasteiger partial charge in [0.2, 0.25) is 0 Å². The van der Waals surface area contributed by atoms with Gasteiger partial charge in [0.05, 0.1) is 27.7 Å². The molecular weight excluding hydrogens is 737 g/mol. The second-order valence-corrected chi connectivity index (χ2v) is 17.4. The molecule has 0 aromatic heterocycles. The Bertz CT molecular complexity index is 1160. The van der Waals surface area contributed by atoms with Crippen LogP contribution >= 0.6 is 7.82 Å². The van der Waals surface area contributed by atoms with Crippen LogP contribution in [0.1, 0.15) is 174 Å². The fourth-order valence-electron chi connectivity index (χ4n) is 5.80. The van der Waals surface area contributed by atoms with Gasteiger partial charge in [0, 0.05) is 12.8 Å². The molecule has 0 heterocycles. The van der Waals surface area contributed by atoms with Crippen molar-refractivity contribution in [3.05, 3.63) is 60.8 Å². The Morgan fingerprint density at radius 3 is 1.49 bits per heavy atom. The van der Waals surface area contributed by atoms with Crippen molar-refractivity contribution >= 4 is 19.8 Å². The van der Waals surface area contributed by atoms with Crippen molar-refractivity contribution in [1.82, 2.24) is 0 Å². The summed E-state index contributed by atoms with van der Waals surface area (Å²) in [7, 11) is 1.14. The Labute approximate surface area is 349 Å². The highest BCUT2D eigenvalue weighted by molar-refractivity contribution is 7.45. The first-order valence-electron chi connectivity index (χ1n) is 22.5. The van der Waals surface area contributed by atoms with E-state index < -0.39 is 32.5 Å². The molecule has 0 spiro atoms. The maximum atomic E-state index is 12.7. The van der Waals surface area contributed by atoms with Crippen molar-refractivity contribution < 1.29 is 42.1 Å². The number of ether oxygens (including phenoxy) is 2. The molecule has 0 aromatic carbocycles. The van der Waals surface area contributed by atoms with Gasteiger partial charge in [-0.05, 0) is 57.8 Å². The van der Waals surface area contributed by atoms with Gasteiger partial charge in [-0.2, -0.15) is 0 Å². The molecule has 0 radical (unpaired) electrons. The van der Waals surface area contributed by atoms with E-state index in [1.54, 1.807) is 0 Å². The van der Waals surface area contributed by atoms with Crippen molar-refractivity contribution in [2.75, 3.05) is 47.5 Å². The highest BCUT2D eigenvalue weighted by atomic mass is 31.2. The molecule has 0 fully saturated rings. The standard InChI is InChI=1S/C47H84NO8P/c1-6-8-10-12-14-16-18-20-22-23-24-25-26-28-29-31-33-35-37-39-46(49)53-43-45(44-55-57(51,52)54-42-41-48(3,4)5)56-47(50)40-38-36-34-32-30-27-21-19-17-15-13-11-9-7-2/h8,10,14,16,20,22,24-25,28-29,45H,6-7,9,11-13,15,17-19,21,23,26-27,30-44H2,1-5H3/b10-8-,16-14-,22-20-,25-24-,29-28-/t45-/m1/s1. The number of rotatable bonds is 40. The highest BCUT2D eigenvalue weighted by Crippen LogP contribution is 2.38. The average Bonchev–Trinajstić information content (AvgIpc) is 3.16. The number of phosphoric ester groups is 1. The zero-order valence-corrected chi connectivity index (χ0v) is 37.9. The SMILES string of the molecule is CC/C=C\C/C=C\C/C=C\C/C=C\C/C=C\CCCCCC(=O)OC[C@H](COP(=O)([O-])OCC[N+](C)(C)C)OC(=O)CCCCCCCCCCCCCCCC. The van der Waals surface area contributed by atoms with E-state index >= 15 is 0 Å². The smallest absolute Gasteiger partial charge is 0.306 e. The summed E-state index contributed by atoms with van der Waals surface area (Å²) in [5.74, 6) is -0.872. The molecule has 2 atom stereocenters. The highest BCUT2D eigenvalue weighted by Gasteiger charge is 2.21. The molecule has 0 aliphatic carbocycles. The third-order valence-electron chi connectivity index (χ3n) is 9.30. The number of unbranched alkanes of at least 4 members (excludes halogenated alkanes) is 16. The maximum absolute atomic E-state index is 12.7. The average molecular weight is 822 g/mol. The van der Waals surface area contributed by atoms with Gasteiger partial charge in [0.15, 0.2) is 6.10 Å². The van der Waals surface area contributed by atoms with E-state index in [0.717, 1.165) is 70.6 Å². The lowest BCUT2D eigenvalue weighted by molar-refractivity contribution is -0.870. The molecule has 1 unspecified atom stereocenters. The van der Waals surface area contributed by atoms with Gasteiger partial charge in [-0.3, -0.25) is 14.2 Å². The van der Waals surface area contributed by atoms with E-state index in [4.69, 9.17) is 18.5 Å². The molecule has 9 nitrogen and oxygen atoms in total. The molecule has 0 bridgehead atoms. The first-order chi connectivity index (χ1) is 27.5. The number of hydrogen-bond donors (Lipinski definition) is 0. The molecular formula is C47H84NO8P. The zero-order chi connectivity index (χ0) is 42.1. The number of allylic oxidation sites excluding steroid dienone is 10. The van der Waals surface area contributed by atoms with Crippen LogP contribution in [0.4, 0.5) is 0 Å². The maximum Gasteiger partial charge on any atom is 0.306 e. The van der Waals surface area contributed by atoms with Crippen molar-refractivity contribution in [3.63, 3.8) is 0 Å². The number of quaternary nitrogens is 1. The fraction of sp³-hybridized carbons (Fsp3) is 0.745. The molecule has 0 aliphatic rings. The van der Waals surface area contributed by atoms with Crippen LogP contribution in [-0.2, 0) is 32.7 Å². The normalized spacial score (nSPS) is 14.1. The number of likely N-dealkylation sites (N-methyl/N-ethyl adjacent to an activating group) is 1. The van der Waals surface area contributed by atoms with E-state index in [-0.39, 0.29) is 26.1 Å². The largest absolute Gasteiger partial charge is 0.756 e. The summed E-state index contributed by atoms with van der Waals surface area (Å²) in [6.45, 7) is 4.07. The summed E-state index contributed by atoms with van der Waals surface area (Å²) in [6, 6.07) is 0. The summed E-state index contributed by atoms with van der Waals surface area (Å²) in [5.41, 5.74) is 0. The van der Waals surface area contributed by atoms with Crippen molar-refractivity contribution in [2.45, 2.75) is 180 Å². The lowest BCUT2D eigenvalue weighted by atomic mass is 10.0. The third-order valence-corrected chi connectivity index (χ3v) is 10.3. The molecule has 0 saturated heterocycles. The molecule has 330 valence electrons. The van der Waals surface area contributed by atoms with Gasteiger partial charge in [0.1, 0.15) is 19.8 Å². The van der Waals surface area contributed by atoms with Gasteiger partial charge in [-0.1, -0.05) is 164 Å². The molecule has 0 saturated carbocycles. The van der Waals surface area contributed by atoms with E-state index in [1.807, 2.05) is 21.1 Å². The molecule has 0 N–H and O–H groups in total. The molecule has 0 amide bonds. The van der Waals surface area contributed by atoms with Crippen LogP contribution in [-0.4, -0.2) is 70.0 Å². The summed E-state index contributed by atoms with van der Waals surface area (Å²) in [5, 5.41) is 0. The Morgan fingerprint density at radius 1 is 0.561 bits per heavy atom. The summed E-state index contributed by atoms with van der Waals surface area (Å²) in [4.78, 5) is 37.5. The predicted octanol–water partition coefficient (Wildman–Crippen LogP) is 12.2. The Hall–Kier alpha value is -2.29. The minimum Gasteiger partial charge on any atom is -0.756 e. The van der Waals surface area contributed by atoms with Gasteiger partial charge in [0.25, 0.3) is 7.82 Å². The van der Waals surface area contributed by atoms with Crippen LogP contribution in [0.5, 0.6) is 0 Å². The molecule has 57 heavy (non-hydrogen) atoms. The number of hydrogen-bond acceptors (Lipinski definition) is 8. The first-order valence-corrected chi connectivity index (χ1v) is 24.0. The topological polar surface area (TPSA) is 111 Å². The van der Waals surface area contributed by atoms with Crippen LogP contribution in [0.3, 0.4) is 0 Å². The fourth-order valence-corrected chi connectivity index (χ4v) is 6.53. The van der Waals surface area contributed by atoms with Gasteiger partial charge >= 0.3 is 11.9 Å². The Morgan fingerprint density at radius 2 is 1.00 bits per heavy atom. The Balaban J connectivity index is 4.40. The Kier molecular flexibility index (Phi) is 37.6. The number of carbonyl (C=O) groups is 2. The van der Waals surface area contributed by atoms with Crippen LogP contribution < -0.4 is 4.89 Å². The summed E-state index contributed by atoms with van der Waals surface area (Å²) < 4.78 is 33.9. The van der Waals surface area contributed by atoms with Crippen molar-refractivity contribution in [1.29, 1.82) is 0 Å². The second-order valence-electron chi connectivity index (χ2n) is 16.0. The zero-order valence-electron chi connectivity index (χ0n) is 37.0. The lowest BCUT2D eigenvalue weighted by Gasteiger charge is -2.28. The molecule has 0 aliphatic heterocycles. The minimum atomic E-state index is -4.63. The molecule has 10 heteroatoms. The summed E-state index contributed by atoms with van der Waals surface area (Å²) >= 11 is 0. The van der Waals surface area contributed by atoms with Crippen molar-refractivity contribution in [3.8, 4) is 0 Å². The number of esters is 2. The van der Waals surface area contributed by atoms with Crippen LogP contribution in [0.2, 0.25) is 0 Å². The predicted molar refractivity (Wildman–Crippen MR) is 236 cm³/mol.